The Morgan fingerprint density at radius 2 is 2.00 bits per heavy atom. The average Bonchev–Trinajstić information content (AvgIpc) is 2.24. The van der Waals surface area contributed by atoms with Crippen molar-refractivity contribution in [3.8, 4) is 0 Å². The predicted molar refractivity (Wildman–Crippen MR) is 53.9 cm³/mol. The van der Waals surface area contributed by atoms with Crippen molar-refractivity contribution in [1.29, 1.82) is 0 Å². The molecule has 2 nitrogen and oxygen atoms in total. The monoisotopic (exact) mass is 208 g/mol. The van der Waals surface area contributed by atoms with Crippen molar-refractivity contribution in [1.82, 2.24) is 0 Å². The third-order valence-corrected chi connectivity index (χ3v) is 2.72. The third kappa shape index (κ3) is 2.17. The average molecular weight is 208 g/mol. The Labute approximate surface area is 88.1 Å². The maximum absolute atomic E-state index is 13.5. The van der Waals surface area contributed by atoms with Crippen LogP contribution in [0.5, 0.6) is 0 Å². The Hall–Kier alpha value is -1.38. The SMILES string of the molecule is O=C(OCc1ccccc1)C1(F)CCC1. The first kappa shape index (κ1) is 10.1. The molecule has 1 saturated carbocycles. The maximum Gasteiger partial charge on any atom is 0.344 e. The summed E-state index contributed by atoms with van der Waals surface area (Å²) in [5.74, 6) is -0.711. The number of carbonyl (C=O) groups excluding carboxylic acids is 1. The van der Waals surface area contributed by atoms with Gasteiger partial charge in [-0.05, 0) is 24.8 Å². The molecule has 0 N–H and O–H groups in total. The lowest BCUT2D eigenvalue weighted by Crippen LogP contribution is -2.41. The number of carbonyl (C=O) groups is 1. The molecule has 0 saturated heterocycles. The summed E-state index contributed by atoms with van der Waals surface area (Å²) in [6.07, 6.45) is 1.39. The van der Waals surface area contributed by atoms with E-state index in [1.807, 2.05) is 30.3 Å². The maximum atomic E-state index is 13.5. The van der Waals surface area contributed by atoms with Gasteiger partial charge in [0.25, 0.3) is 0 Å². The van der Waals surface area contributed by atoms with Gasteiger partial charge < -0.3 is 4.74 Å². The van der Waals surface area contributed by atoms with Gasteiger partial charge in [-0.2, -0.15) is 0 Å². The first-order valence-corrected chi connectivity index (χ1v) is 5.11. The fourth-order valence-electron chi connectivity index (χ4n) is 1.54. The molecule has 0 spiro atoms. The summed E-state index contributed by atoms with van der Waals surface area (Å²) >= 11 is 0. The summed E-state index contributed by atoms with van der Waals surface area (Å²) in [6, 6.07) is 9.29. The van der Waals surface area contributed by atoms with Gasteiger partial charge in [-0.3, -0.25) is 0 Å². The highest BCUT2D eigenvalue weighted by molar-refractivity contribution is 5.80. The van der Waals surface area contributed by atoms with E-state index in [1.165, 1.54) is 0 Å². The van der Waals surface area contributed by atoms with Gasteiger partial charge in [-0.15, -0.1) is 0 Å². The minimum atomic E-state index is -1.70. The Balaban J connectivity index is 1.86. The van der Waals surface area contributed by atoms with Crippen molar-refractivity contribution in [3.63, 3.8) is 0 Å². The largest absolute Gasteiger partial charge is 0.458 e. The van der Waals surface area contributed by atoms with Crippen LogP contribution >= 0.6 is 0 Å². The predicted octanol–water partition coefficient (Wildman–Crippen LogP) is 2.62. The molecule has 0 bridgehead atoms. The van der Waals surface area contributed by atoms with Crippen LogP contribution in [0, 0.1) is 0 Å². The lowest BCUT2D eigenvalue weighted by atomic mass is 9.82. The fraction of sp³-hybridized carbons (Fsp3) is 0.417. The Morgan fingerprint density at radius 3 is 2.53 bits per heavy atom. The van der Waals surface area contributed by atoms with Gasteiger partial charge in [-0.1, -0.05) is 30.3 Å². The van der Waals surface area contributed by atoms with Crippen molar-refractivity contribution in [2.24, 2.45) is 0 Å². The quantitative estimate of drug-likeness (QED) is 0.714. The summed E-state index contributed by atoms with van der Waals surface area (Å²) in [7, 11) is 0. The van der Waals surface area contributed by atoms with E-state index in [9.17, 15) is 9.18 Å². The highest BCUT2D eigenvalue weighted by atomic mass is 19.1. The number of ether oxygens (including phenoxy) is 1. The number of hydrogen-bond acceptors (Lipinski definition) is 2. The molecule has 1 aromatic carbocycles. The van der Waals surface area contributed by atoms with Crippen LogP contribution in [0.4, 0.5) is 4.39 Å². The second-order valence-corrected chi connectivity index (χ2v) is 3.88. The number of rotatable bonds is 3. The molecule has 0 aliphatic heterocycles. The highest BCUT2D eigenvalue weighted by Gasteiger charge is 2.46. The van der Waals surface area contributed by atoms with Gasteiger partial charge in [0.15, 0.2) is 0 Å². The summed E-state index contributed by atoms with van der Waals surface area (Å²) in [5.41, 5.74) is -0.816. The van der Waals surface area contributed by atoms with Crippen LogP contribution in [0.1, 0.15) is 24.8 Å². The van der Waals surface area contributed by atoms with Gasteiger partial charge in [0.2, 0.25) is 5.67 Å². The van der Waals surface area contributed by atoms with E-state index in [0.29, 0.717) is 12.8 Å². The number of benzene rings is 1. The van der Waals surface area contributed by atoms with E-state index in [1.54, 1.807) is 0 Å². The van der Waals surface area contributed by atoms with E-state index in [0.717, 1.165) is 12.0 Å². The zero-order valence-electron chi connectivity index (χ0n) is 8.41. The second kappa shape index (κ2) is 4.01. The van der Waals surface area contributed by atoms with E-state index in [4.69, 9.17) is 4.74 Å². The molecule has 80 valence electrons. The number of alkyl halides is 1. The smallest absolute Gasteiger partial charge is 0.344 e. The van der Waals surface area contributed by atoms with E-state index < -0.39 is 11.6 Å². The molecule has 0 aromatic heterocycles. The van der Waals surface area contributed by atoms with Crippen LogP contribution in [0.2, 0.25) is 0 Å². The summed E-state index contributed by atoms with van der Waals surface area (Å²) in [6.45, 7) is 0.158. The highest BCUT2D eigenvalue weighted by Crippen LogP contribution is 2.36. The van der Waals surface area contributed by atoms with Crippen molar-refractivity contribution >= 4 is 5.97 Å². The minimum Gasteiger partial charge on any atom is -0.458 e. The lowest BCUT2D eigenvalue weighted by molar-refractivity contribution is -0.165. The molecule has 0 atom stereocenters. The standard InChI is InChI=1S/C12H13FO2/c13-12(7-4-8-12)11(14)15-9-10-5-2-1-3-6-10/h1-3,5-6H,4,7-9H2. The Morgan fingerprint density at radius 1 is 1.33 bits per heavy atom. The van der Waals surface area contributed by atoms with Crippen molar-refractivity contribution in [2.75, 3.05) is 0 Å². The molecule has 0 unspecified atom stereocenters. The van der Waals surface area contributed by atoms with Crippen LogP contribution < -0.4 is 0 Å². The van der Waals surface area contributed by atoms with Gasteiger partial charge in [0.05, 0.1) is 0 Å². The molecule has 1 aliphatic rings. The molecule has 1 fully saturated rings. The number of esters is 1. The normalized spacial score (nSPS) is 17.9. The van der Waals surface area contributed by atoms with Crippen LogP contribution in [0.3, 0.4) is 0 Å². The van der Waals surface area contributed by atoms with E-state index >= 15 is 0 Å². The van der Waals surface area contributed by atoms with E-state index in [-0.39, 0.29) is 6.61 Å². The van der Waals surface area contributed by atoms with Crippen LogP contribution in [0.25, 0.3) is 0 Å². The Kier molecular flexibility index (Phi) is 2.71. The summed E-state index contributed by atoms with van der Waals surface area (Å²) < 4.78 is 18.4. The van der Waals surface area contributed by atoms with E-state index in [2.05, 4.69) is 0 Å². The van der Waals surface area contributed by atoms with Gasteiger partial charge in [0.1, 0.15) is 6.61 Å². The van der Waals surface area contributed by atoms with Gasteiger partial charge >= 0.3 is 5.97 Å². The molecule has 0 radical (unpaired) electrons. The molecule has 0 heterocycles. The topological polar surface area (TPSA) is 26.3 Å². The first-order valence-electron chi connectivity index (χ1n) is 5.11. The van der Waals surface area contributed by atoms with Gasteiger partial charge in [-0.25, -0.2) is 9.18 Å². The van der Waals surface area contributed by atoms with Crippen molar-refractivity contribution in [2.45, 2.75) is 31.5 Å². The molecule has 15 heavy (non-hydrogen) atoms. The molecule has 2 rings (SSSR count). The van der Waals surface area contributed by atoms with Crippen molar-refractivity contribution in [3.05, 3.63) is 35.9 Å². The van der Waals surface area contributed by atoms with Crippen molar-refractivity contribution < 1.29 is 13.9 Å². The molecular weight excluding hydrogens is 195 g/mol. The zero-order valence-corrected chi connectivity index (χ0v) is 8.41. The fourth-order valence-corrected chi connectivity index (χ4v) is 1.54. The van der Waals surface area contributed by atoms with Crippen LogP contribution in [-0.2, 0) is 16.1 Å². The van der Waals surface area contributed by atoms with Gasteiger partial charge in [0, 0.05) is 0 Å². The molecule has 3 heteroatoms. The Bertz CT molecular complexity index is 344. The molecular formula is C12H13FO2. The molecule has 1 aliphatic carbocycles. The zero-order chi connectivity index (χ0) is 10.7. The lowest BCUT2D eigenvalue weighted by Gasteiger charge is -2.30. The second-order valence-electron chi connectivity index (χ2n) is 3.88. The first-order chi connectivity index (χ1) is 7.21. The third-order valence-electron chi connectivity index (χ3n) is 2.72. The van der Waals surface area contributed by atoms with Crippen LogP contribution in [0.15, 0.2) is 30.3 Å². The summed E-state index contributed by atoms with van der Waals surface area (Å²) in [5, 5.41) is 0. The molecule has 0 amide bonds. The summed E-state index contributed by atoms with van der Waals surface area (Å²) in [4.78, 5) is 11.3. The number of halogens is 1. The van der Waals surface area contributed by atoms with Crippen LogP contribution in [-0.4, -0.2) is 11.6 Å². The minimum absolute atomic E-state index is 0.158. The number of hydrogen-bond donors (Lipinski definition) is 0. The molecule has 1 aromatic rings.